The van der Waals surface area contributed by atoms with E-state index in [1.165, 1.54) is 6.08 Å². The number of hydrogen-bond donors (Lipinski definition) is 1. The number of alkyl halides is 1. The standard InChI is InChI=1S/C23H19BrO3/c1-3-14-9-11-18-19(25)12-13(2)22(27)23(18,24)20(14)17-10-8-15-6-4-5-7-16(15)21(17)26/h3-10,12,18,20,26H,1,11H2,2H3/t18-,20+,23-/m0/s1. The highest BCUT2D eigenvalue weighted by atomic mass is 79.9. The van der Waals surface area contributed by atoms with Crippen molar-refractivity contribution >= 4 is 38.3 Å². The molecule has 0 aliphatic heterocycles. The van der Waals surface area contributed by atoms with Crippen LogP contribution < -0.4 is 0 Å². The summed E-state index contributed by atoms with van der Waals surface area (Å²) >= 11 is 3.69. The number of phenolic OH excluding ortho intramolecular Hbond substituents is 1. The lowest BCUT2D eigenvalue weighted by atomic mass is 9.62. The average Bonchev–Trinajstić information content (AvgIpc) is 2.67. The van der Waals surface area contributed by atoms with Crippen LogP contribution in [-0.2, 0) is 9.59 Å². The van der Waals surface area contributed by atoms with Gasteiger partial charge in [-0.3, -0.25) is 9.59 Å². The minimum atomic E-state index is -1.12. The zero-order valence-corrected chi connectivity index (χ0v) is 16.5. The minimum absolute atomic E-state index is 0.0615. The number of rotatable bonds is 2. The molecule has 0 fully saturated rings. The second kappa shape index (κ2) is 6.31. The van der Waals surface area contributed by atoms with Crippen molar-refractivity contribution in [3.05, 3.63) is 77.9 Å². The Labute approximate surface area is 166 Å². The molecule has 2 aliphatic carbocycles. The summed E-state index contributed by atoms with van der Waals surface area (Å²) in [6, 6.07) is 11.3. The zero-order chi connectivity index (χ0) is 19.3. The Morgan fingerprint density at radius 3 is 2.70 bits per heavy atom. The van der Waals surface area contributed by atoms with Crippen LogP contribution >= 0.6 is 15.9 Å². The normalized spacial score (nSPS) is 27.8. The summed E-state index contributed by atoms with van der Waals surface area (Å²) < 4.78 is -1.12. The highest BCUT2D eigenvalue weighted by Crippen LogP contribution is 2.56. The number of ketones is 2. The van der Waals surface area contributed by atoms with E-state index in [1.807, 2.05) is 42.5 Å². The van der Waals surface area contributed by atoms with Gasteiger partial charge in [0.1, 0.15) is 10.1 Å². The lowest BCUT2D eigenvalue weighted by Gasteiger charge is -2.45. The number of hydrogen-bond acceptors (Lipinski definition) is 3. The van der Waals surface area contributed by atoms with Crippen LogP contribution in [0.5, 0.6) is 5.75 Å². The van der Waals surface area contributed by atoms with Gasteiger partial charge in [0.2, 0.25) is 0 Å². The van der Waals surface area contributed by atoms with E-state index >= 15 is 0 Å². The smallest absolute Gasteiger partial charge is 0.177 e. The number of carbonyl (C=O) groups excluding carboxylic acids is 2. The Bertz CT molecular complexity index is 1060. The van der Waals surface area contributed by atoms with E-state index in [9.17, 15) is 14.7 Å². The molecule has 0 saturated heterocycles. The molecule has 2 aromatic rings. The number of fused-ring (bicyclic) bond motifs is 2. The highest BCUT2D eigenvalue weighted by Gasteiger charge is 2.57. The van der Waals surface area contributed by atoms with Crippen molar-refractivity contribution in [2.45, 2.75) is 23.6 Å². The first kappa shape index (κ1) is 17.9. The van der Waals surface area contributed by atoms with Gasteiger partial charge in [0, 0.05) is 22.8 Å². The summed E-state index contributed by atoms with van der Waals surface area (Å²) in [6.45, 7) is 5.57. The third kappa shape index (κ3) is 2.47. The van der Waals surface area contributed by atoms with Crippen LogP contribution in [0.1, 0.15) is 24.8 Å². The summed E-state index contributed by atoms with van der Waals surface area (Å²) in [5.41, 5.74) is 1.89. The summed E-state index contributed by atoms with van der Waals surface area (Å²) in [5, 5.41) is 12.7. The number of Topliss-reactive ketones (excluding diaryl/α,β-unsaturated/α-hetero) is 1. The molecule has 0 unspecified atom stereocenters. The van der Waals surface area contributed by atoms with E-state index in [-0.39, 0.29) is 17.3 Å². The molecule has 0 bridgehead atoms. The van der Waals surface area contributed by atoms with Crippen LogP contribution in [0, 0.1) is 5.92 Å². The molecule has 4 rings (SSSR count). The Morgan fingerprint density at radius 1 is 1.22 bits per heavy atom. The lowest BCUT2D eigenvalue weighted by Crippen LogP contribution is -2.53. The SMILES string of the molecule is C=CC1=CC[C@H]2C(=O)C=C(C)C(=O)[C@@]2(Br)[C@H]1c1ccc2ccccc2c1O. The number of benzene rings is 2. The molecule has 2 aliphatic rings. The van der Waals surface area contributed by atoms with Gasteiger partial charge in [0.25, 0.3) is 0 Å². The summed E-state index contributed by atoms with van der Waals surface area (Å²) in [4.78, 5) is 25.9. The van der Waals surface area contributed by atoms with Gasteiger partial charge in [-0.2, -0.15) is 0 Å². The number of halogens is 1. The van der Waals surface area contributed by atoms with Gasteiger partial charge < -0.3 is 5.11 Å². The van der Waals surface area contributed by atoms with Crippen LogP contribution in [0.4, 0.5) is 0 Å². The fourth-order valence-corrected chi connectivity index (χ4v) is 5.63. The van der Waals surface area contributed by atoms with Gasteiger partial charge in [-0.25, -0.2) is 0 Å². The Hall–Kier alpha value is -2.46. The molecule has 0 heterocycles. The fourth-order valence-electron chi connectivity index (χ4n) is 4.39. The molecule has 3 atom stereocenters. The average molecular weight is 423 g/mol. The molecule has 3 nitrogen and oxygen atoms in total. The van der Waals surface area contributed by atoms with Gasteiger partial charge in [-0.1, -0.05) is 71.1 Å². The Morgan fingerprint density at radius 2 is 1.96 bits per heavy atom. The zero-order valence-electron chi connectivity index (χ0n) is 14.9. The number of phenols is 1. The second-order valence-electron chi connectivity index (χ2n) is 7.18. The first-order valence-electron chi connectivity index (χ1n) is 8.88. The highest BCUT2D eigenvalue weighted by molar-refractivity contribution is 9.10. The molecule has 0 spiro atoms. The van der Waals surface area contributed by atoms with E-state index < -0.39 is 16.2 Å². The molecule has 2 aromatic carbocycles. The van der Waals surface area contributed by atoms with Crippen LogP contribution in [0.3, 0.4) is 0 Å². The topological polar surface area (TPSA) is 54.4 Å². The first-order chi connectivity index (χ1) is 12.9. The van der Waals surface area contributed by atoms with Crippen molar-refractivity contribution in [3.63, 3.8) is 0 Å². The van der Waals surface area contributed by atoms with E-state index in [2.05, 4.69) is 22.5 Å². The van der Waals surface area contributed by atoms with Crippen LogP contribution in [-0.4, -0.2) is 21.0 Å². The van der Waals surface area contributed by atoms with Crippen molar-refractivity contribution < 1.29 is 14.7 Å². The Kier molecular flexibility index (Phi) is 4.19. The molecule has 0 aromatic heterocycles. The molecular formula is C23H19BrO3. The van der Waals surface area contributed by atoms with E-state index in [1.54, 1.807) is 13.0 Å². The largest absolute Gasteiger partial charge is 0.507 e. The molecular weight excluding hydrogens is 404 g/mol. The second-order valence-corrected chi connectivity index (χ2v) is 8.49. The van der Waals surface area contributed by atoms with Crippen LogP contribution in [0.25, 0.3) is 10.8 Å². The van der Waals surface area contributed by atoms with E-state index in [4.69, 9.17) is 0 Å². The van der Waals surface area contributed by atoms with Crippen molar-refractivity contribution in [2.24, 2.45) is 5.92 Å². The van der Waals surface area contributed by atoms with Gasteiger partial charge in [-0.05, 0) is 36.0 Å². The molecule has 27 heavy (non-hydrogen) atoms. The third-order valence-electron chi connectivity index (χ3n) is 5.74. The summed E-state index contributed by atoms with van der Waals surface area (Å²) in [6.07, 6.45) is 5.57. The van der Waals surface area contributed by atoms with Crippen molar-refractivity contribution in [3.8, 4) is 5.75 Å². The molecule has 4 heteroatoms. The maximum absolute atomic E-state index is 13.2. The van der Waals surface area contributed by atoms with E-state index in [0.717, 1.165) is 16.3 Å². The monoisotopic (exact) mass is 422 g/mol. The van der Waals surface area contributed by atoms with Crippen molar-refractivity contribution in [2.75, 3.05) is 0 Å². The molecule has 1 N–H and O–H groups in total. The predicted octanol–water partition coefficient (Wildman–Crippen LogP) is 4.99. The van der Waals surface area contributed by atoms with E-state index in [0.29, 0.717) is 17.6 Å². The van der Waals surface area contributed by atoms with Crippen LogP contribution in [0.2, 0.25) is 0 Å². The van der Waals surface area contributed by atoms with Crippen molar-refractivity contribution in [1.29, 1.82) is 0 Å². The van der Waals surface area contributed by atoms with Crippen molar-refractivity contribution in [1.82, 2.24) is 0 Å². The molecule has 0 radical (unpaired) electrons. The maximum Gasteiger partial charge on any atom is 0.177 e. The van der Waals surface area contributed by atoms with Gasteiger partial charge in [0.15, 0.2) is 11.6 Å². The quantitative estimate of drug-likeness (QED) is 0.693. The summed E-state index contributed by atoms with van der Waals surface area (Å²) in [7, 11) is 0. The predicted molar refractivity (Wildman–Crippen MR) is 110 cm³/mol. The Balaban J connectivity index is 2.00. The van der Waals surface area contributed by atoms with Crippen LogP contribution in [0.15, 0.2) is 72.4 Å². The third-order valence-corrected chi connectivity index (χ3v) is 7.11. The first-order valence-corrected chi connectivity index (χ1v) is 9.67. The minimum Gasteiger partial charge on any atom is -0.507 e. The number of carbonyl (C=O) groups is 2. The van der Waals surface area contributed by atoms with Gasteiger partial charge >= 0.3 is 0 Å². The van der Waals surface area contributed by atoms with Gasteiger partial charge in [-0.15, -0.1) is 0 Å². The fraction of sp³-hybridized carbons (Fsp3) is 0.217. The lowest BCUT2D eigenvalue weighted by molar-refractivity contribution is -0.128. The molecule has 136 valence electrons. The molecule has 0 saturated carbocycles. The molecule has 0 amide bonds. The summed E-state index contributed by atoms with van der Waals surface area (Å²) in [5.74, 6) is -1.05. The number of allylic oxidation sites excluding steroid dienone is 5. The maximum atomic E-state index is 13.2. The number of aromatic hydroxyl groups is 1. The van der Waals surface area contributed by atoms with Gasteiger partial charge in [0.05, 0.1) is 0 Å².